The lowest BCUT2D eigenvalue weighted by Gasteiger charge is -2.40. The van der Waals surface area contributed by atoms with Crippen LogP contribution in [0.25, 0.3) is 0 Å². The summed E-state index contributed by atoms with van der Waals surface area (Å²) in [6.07, 6.45) is 1.33. The molecule has 2 rings (SSSR count). The first-order valence-electron chi connectivity index (χ1n) is 7.73. The number of aryl methyl sites for hydroxylation is 1. The van der Waals surface area contributed by atoms with E-state index in [4.69, 9.17) is 4.84 Å². The molecule has 1 aromatic rings. The zero-order valence-corrected chi connectivity index (χ0v) is 14.0. The van der Waals surface area contributed by atoms with E-state index in [1.54, 1.807) is 11.7 Å². The zero-order valence-electron chi connectivity index (χ0n) is 14.0. The number of hydrogen-bond donors (Lipinski definition) is 0. The minimum atomic E-state index is -0.212. The van der Waals surface area contributed by atoms with E-state index in [9.17, 15) is 10.1 Å². The van der Waals surface area contributed by atoms with Crippen molar-refractivity contribution in [1.82, 2.24) is 30.2 Å². The van der Waals surface area contributed by atoms with Gasteiger partial charge >= 0.3 is 0 Å². The summed E-state index contributed by atoms with van der Waals surface area (Å²) in [6.45, 7) is 6.29. The normalized spacial score (nSPS) is 22.1. The predicted molar refractivity (Wildman–Crippen MR) is 80.4 cm³/mol. The first kappa shape index (κ1) is 17.3. The Hall–Kier alpha value is -2.05. The van der Waals surface area contributed by atoms with Crippen molar-refractivity contribution in [1.29, 1.82) is 5.26 Å². The number of hydrogen-bond acceptors (Lipinski definition) is 7. The highest BCUT2D eigenvalue weighted by Crippen LogP contribution is 2.23. The number of likely N-dealkylation sites (tertiary alicyclic amines) is 1. The largest absolute Gasteiger partial charge is 0.278 e. The molecule has 0 unspecified atom stereocenters. The van der Waals surface area contributed by atoms with Crippen molar-refractivity contribution in [3.63, 3.8) is 0 Å². The van der Waals surface area contributed by atoms with Gasteiger partial charge in [0.15, 0.2) is 5.82 Å². The molecule has 0 saturated carbocycles. The summed E-state index contributed by atoms with van der Waals surface area (Å²) < 4.78 is 1.59. The number of carbonyl (C=O) groups excluding carboxylic acids is 1. The second-order valence-corrected chi connectivity index (χ2v) is 6.02. The molecule has 2 atom stereocenters. The number of rotatable bonds is 5. The lowest BCUT2D eigenvalue weighted by Crippen LogP contribution is -2.53. The van der Waals surface area contributed by atoms with Gasteiger partial charge in [0.1, 0.15) is 0 Å². The Morgan fingerprint density at radius 1 is 1.52 bits per heavy atom. The molecule has 23 heavy (non-hydrogen) atoms. The first-order valence-corrected chi connectivity index (χ1v) is 7.73. The smallest absolute Gasteiger partial charge is 0.243 e. The third-order valence-electron chi connectivity index (χ3n) is 3.83. The van der Waals surface area contributed by atoms with Gasteiger partial charge in [-0.1, -0.05) is 0 Å². The van der Waals surface area contributed by atoms with Crippen molar-refractivity contribution in [3.8, 4) is 6.07 Å². The third-order valence-corrected chi connectivity index (χ3v) is 3.83. The van der Waals surface area contributed by atoms with Crippen molar-refractivity contribution < 1.29 is 9.63 Å². The number of tetrazole rings is 1. The number of nitrogens with zero attached hydrogens (tertiary/aromatic N) is 7. The molecule has 9 nitrogen and oxygen atoms in total. The third kappa shape index (κ3) is 4.24. The van der Waals surface area contributed by atoms with E-state index < -0.39 is 0 Å². The minimum Gasteiger partial charge on any atom is -0.278 e. The maximum atomic E-state index is 11.9. The van der Waals surface area contributed by atoms with Gasteiger partial charge in [0.25, 0.3) is 0 Å². The molecule has 9 heteroatoms. The molecule has 1 amide bonds. The Balaban J connectivity index is 2.12. The molecule has 1 aromatic heterocycles. The number of amides is 1. The number of nitriles is 1. The molecule has 1 fully saturated rings. The highest BCUT2D eigenvalue weighted by molar-refractivity contribution is 5.72. The van der Waals surface area contributed by atoms with Crippen LogP contribution in [-0.2, 0) is 23.2 Å². The summed E-state index contributed by atoms with van der Waals surface area (Å²) >= 11 is 0. The van der Waals surface area contributed by atoms with Crippen LogP contribution in [0.4, 0.5) is 0 Å². The van der Waals surface area contributed by atoms with Gasteiger partial charge in [-0.3, -0.25) is 14.5 Å². The minimum absolute atomic E-state index is 0.0796. The van der Waals surface area contributed by atoms with E-state index in [1.807, 2.05) is 18.7 Å². The number of hydroxylamine groups is 2. The van der Waals surface area contributed by atoms with Crippen LogP contribution >= 0.6 is 0 Å². The quantitative estimate of drug-likeness (QED) is 0.717. The van der Waals surface area contributed by atoms with Crippen LogP contribution in [-0.4, -0.2) is 60.8 Å². The molecule has 0 aliphatic carbocycles. The summed E-state index contributed by atoms with van der Waals surface area (Å²) in [5.74, 6) is 0.560. The molecule has 0 radical (unpaired) electrons. The molecule has 126 valence electrons. The van der Waals surface area contributed by atoms with Crippen molar-refractivity contribution in [3.05, 3.63) is 5.82 Å². The van der Waals surface area contributed by atoms with Crippen LogP contribution < -0.4 is 0 Å². The first-order chi connectivity index (χ1) is 10.9. The van der Waals surface area contributed by atoms with Crippen molar-refractivity contribution in [2.24, 2.45) is 7.05 Å². The Morgan fingerprint density at radius 2 is 2.26 bits per heavy atom. The maximum Gasteiger partial charge on any atom is 0.243 e. The summed E-state index contributed by atoms with van der Waals surface area (Å²) in [5.41, 5.74) is 0. The number of carbonyl (C=O) groups is 1. The van der Waals surface area contributed by atoms with Gasteiger partial charge in [0.2, 0.25) is 5.91 Å². The lowest BCUT2D eigenvalue weighted by atomic mass is 9.98. The predicted octanol–water partition coefficient (Wildman–Crippen LogP) is 0.255. The molecule has 2 heterocycles. The lowest BCUT2D eigenvalue weighted by molar-refractivity contribution is -0.220. The molecule has 0 aromatic carbocycles. The van der Waals surface area contributed by atoms with Gasteiger partial charge in [-0.25, -0.2) is 9.75 Å². The highest BCUT2D eigenvalue weighted by atomic mass is 16.7. The van der Waals surface area contributed by atoms with Gasteiger partial charge in [0.05, 0.1) is 30.8 Å². The van der Waals surface area contributed by atoms with Crippen LogP contribution in [0.5, 0.6) is 0 Å². The van der Waals surface area contributed by atoms with Gasteiger partial charge in [-0.2, -0.15) is 5.26 Å². The molecule has 1 aliphatic rings. The van der Waals surface area contributed by atoms with Gasteiger partial charge in [0, 0.05) is 20.5 Å². The summed E-state index contributed by atoms with van der Waals surface area (Å²) in [4.78, 5) is 19.5. The van der Waals surface area contributed by atoms with E-state index in [1.165, 1.54) is 12.0 Å². The Bertz CT molecular complexity index is 580. The van der Waals surface area contributed by atoms with Gasteiger partial charge < -0.3 is 0 Å². The standard InChI is InChI=1S/C14H23N7O2/c1-10(2)23-21(11(3)22)13-6-5-12(7-15)20(8-13)9-14-16-17-18-19(14)4/h10,12-13H,5-6,8-9H2,1-4H3/t12-,13+/m0/s1. The Kier molecular flexibility index (Phi) is 5.63. The molecular formula is C14H23N7O2. The van der Waals surface area contributed by atoms with Crippen LogP contribution in [0.3, 0.4) is 0 Å². The summed E-state index contributed by atoms with van der Waals surface area (Å²) in [7, 11) is 1.77. The monoisotopic (exact) mass is 321 g/mol. The van der Waals surface area contributed by atoms with Crippen LogP contribution in [0.2, 0.25) is 0 Å². The topological polar surface area (TPSA) is 100 Å². The molecule has 1 saturated heterocycles. The summed E-state index contributed by atoms with van der Waals surface area (Å²) in [6, 6.07) is 2.02. The molecule has 1 aliphatic heterocycles. The van der Waals surface area contributed by atoms with E-state index >= 15 is 0 Å². The van der Waals surface area contributed by atoms with E-state index in [0.717, 1.165) is 6.42 Å². The molecular weight excluding hydrogens is 298 g/mol. The Morgan fingerprint density at radius 3 is 2.78 bits per heavy atom. The fraction of sp³-hybridized carbons (Fsp3) is 0.786. The molecule has 0 N–H and O–H groups in total. The fourth-order valence-electron chi connectivity index (χ4n) is 2.74. The summed E-state index contributed by atoms with van der Waals surface area (Å²) in [5, 5.41) is 22.2. The van der Waals surface area contributed by atoms with Crippen molar-refractivity contribution in [2.45, 2.75) is 58.3 Å². The van der Waals surface area contributed by atoms with E-state index in [2.05, 4.69) is 21.6 Å². The number of aromatic nitrogens is 4. The SMILES string of the molecule is CC(=O)N(OC(C)C)[C@@H]1CC[C@@H](C#N)N(Cc2nnnn2C)C1. The van der Waals surface area contributed by atoms with Gasteiger partial charge in [-0.05, 0) is 37.1 Å². The van der Waals surface area contributed by atoms with Crippen LogP contribution in [0.1, 0.15) is 39.4 Å². The van der Waals surface area contributed by atoms with Crippen LogP contribution in [0, 0.1) is 11.3 Å². The molecule has 0 spiro atoms. The van der Waals surface area contributed by atoms with E-state index in [-0.39, 0.29) is 24.1 Å². The average Bonchev–Trinajstić information content (AvgIpc) is 2.89. The van der Waals surface area contributed by atoms with Crippen molar-refractivity contribution in [2.75, 3.05) is 6.54 Å². The average molecular weight is 321 g/mol. The van der Waals surface area contributed by atoms with Crippen molar-refractivity contribution >= 4 is 5.91 Å². The fourth-order valence-corrected chi connectivity index (χ4v) is 2.74. The second-order valence-electron chi connectivity index (χ2n) is 6.02. The second kappa shape index (κ2) is 7.48. The molecule has 0 bridgehead atoms. The zero-order chi connectivity index (χ0) is 17.0. The van der Waals surface area contributed by atoms with E-state index in [0.29, 0.717) is 25.3 Å². The highest BCUT2D eigenvalue weighted by Gasteiger charge is 2.34. The maximum absolute atomic E-state index is 11.9. The van der Waals surface area contributed by atoms with Crippen LogP contribution in [0.15, 0.2) is 0 Å². The number of piperidine rings is 1. The van der Waals surface area contributed by atoms with Gasteiger partial charge in [-0.15, -0.1) is 5.10 Å². The Labute approximate surface area is 135 Å².